The smallest absolute Gasteiger partial charge is 0.262 e. The number of carbonyl (C=O) groups is 1. The molecule has 2 aromatic carbocycles. The van der Waals surface area contributed by atoms with Crippen LogP contribution in [0, 0.1) is 13.8 Å². The number of aryl methyl sites for hydroxylation is 2. The molecule has 0 fully saturated rings. The fourth-order valence-corrected chi connectivity index (χ4v) is 2.25. The fourth-order valence-electron chi connectivity index (χ4n) is 2.07. The van der Waals surface area contributed by atoms with Gasteiger partial charge in [0.1, 0.15) is 5.75 Å². The van der Waals surface area contributed by atoms with Gasteiger partial charge in [-0.25, -0.2) is 0 Å². The highest BCUT2D eigenvalue weighted by Crippen LogP contribution is 2.27. The van der Waals surface area contributed by atoms with E-state index >= 15 is 0 Å². The van der Waals surface area contributed by atoms with Crippen molar-refractivity contribution in [2.24, 2.45) is 0 Å². The van der Waals surface area contributed by atoms with E-state index in [9.17, 15) is 4.79 Å². The Balaban J connectivity index is 2.01. The first-order valence-electron chi connectivity index (χ1n) is 6.51. The van der Waals surface area contributed by atoms with E-state index in [4.69, 9.17) is 22.1 Å². The molecule has 0 radical (unpaired) electrons. The van der Waals surface area contributed by atoms with Crippen molar-refractivity contribution >= 4 is 28.9 Å². The van der Waals surface area contributed by atoms with E-state index in [0.29, 0.717) is 22.1 Å². The van der Waals surface area contributed by atoms with Crippen LogP contribution in [0.15, 0.2) is 36.4 Å². The SMILES string of the molecule is Cc1cc(C)c(OCC(=O)Nc2ccccc2Cl)c(N)c1. The molecule has 5 heteroatoms. The molecule has 0 spiro atoms. The predicted octanol–water partition coefficient (Wildman–Crippen LogP) is 3.56. The first-order chi connectivity index (χ1) is 9.97. The lowest BCUT2D eigenvalue weighted by Gasteiger charge is -2.13. The zero-order valence-corrected chi connectivity index (χ0v) is 12.7. The predicted molar refractivity (Wildman–Crippen MR) is 85.9 cm³/mol. The van der Waals surface area contributed by atoms with Crippen molar-refractivity contribution < 1.29 is 9.53 Å². The molecular weight excluding hydrogens is 288 g/mol. The van der Waals surface area contributed by atoms with Crippen LogP contribution in [0.1, 0.15) is 11.1 Å². The second-order valence-corrected chi connectivity index (χ2v) is 5.22. The molecule has 0 aliphatic carbocycles. The van der Waals surface area contributed by atoms with Gasteiger partial charge < -0.3 is 15.8 Å². The molecule has 0 aromatic heterocycles. The van der Waals surface area contributed by atoms with Crippen LogP contribution >= 0.6 is 11.6 Å². The van der Waals surface area contributed by atoms with Crippen LogP contribution in [0.5, 0.6) is 5.75 Å². The van der Waals surface area contributed by atoms with Crippen LogP contribution in [-0.2, 0) is 4.79 Å². The average molecular weight is 305 g/mol. The molecule has 0 aliphatic heterocycles. The largest absolute Gasteiger partial charge is 0.481 e. The summed E-state index contributed by atoms with van der Waals surface area (Å²) in [5.74, 6) is 0.248. The molecule has 2 rings (SSSR count). The van der Waals surface area contributed by atoms with Gasteiger partial charge in [-0.3, -0.25) is 4.79 Å². The van der Waals surface area contributed by atoms with Gasteiger partial charge in [-0.05, 0) is 43.2 Å². The average Bonchev–Trinajstić information content (AvgIpc) is 2.40. The Kier molecular flexibility index (Phi) is 4.70. The lowest BCUT2D eigenvalue weighted by Crippen LogP contribution is -2.21. The highest BCUT2D eigenvalue weighted by Gasteiger charge is 2.10. The summed E-state index contributed by atoms with van der Waals surface area (Å²) < 4.78 is 5.52. The number of hydrogen-bond donors (Lipinski definition) is 2. The second-order valence-electron chi connectivity index (χ2n) is 4.82. The van der Waals surface area contributed by atoms with Gasteiger partial charge in [-0.2, -0.15) is 0 Å². The number of ether oxygens (including phenoxy) is 1. The number of anilines is 2. The summed E-state index contributed by atoms with van der Waals surface area (Å²) in [5.41, 5.74) is 8.94. The summed E-state index contributed by atoms with van der Waals surface area (Å²) in [6.07, 6.45) is 0. The van der Waals surface area contributed by atoms with E-state index in [0.717, 1.165) is 11.1 Å². The molecule has 0 heterocycles. The van der Waals surface area contributed by atoms with Gasteiger partial charge in [0.2, 0.25) is 0 Å². The maximum absolute atomic E-state index is 11.9. The van der Waals surface area contributed by atoms with E-state index in [1.807, 2.05) is 26.0 Å². The minimum atomic E-state index is -0.289. The molecule has 0 bridgehead atoms. The topological polar surface area (TPSA) is 64.3 Å². The van der Waals surface area contributed by atoms with Crippen LogP contribution in [0.4, 0.5) is 11.4 Å². The van der Waals surface area contributed by atoms with Gasteiger partial charge in [0.25, 0.3) is 5.91 Å². The molecule has 0 unspecified atom stereocenters. The normalized spacial score (nSPS) is 10.2. The van der Waals surface area contributed by atoms with Crippen molar-refractivity contribution in [2.45, 2.75) is 13.8 Å². The van der Waals surface area contributed by atoms with Crippen LogP contribution in [-0.4, -0.2) is 12.5 Å². The van der Waals surface area contributed by atoms with E-state index < -0.39 is 0 Å². The number of para-hydroxylation sites is 1. The van der Waals surface area contributed by atoms with Crippen molar-refractivity contribution in [1.29, 1.82) is 0 Å². The molecule has 2 aromatic rings. The van der Waals surface area contributed by atoms with E-state index in [-0.39, 0.29) is 12.5 Å². The molecule has 0 atom stereocenters. The quantitative estimate of drug-likeness (QED) is 0.849. The van der Waals surface area contributed by atoms with Crippen molar-refractivity contribution in [3.8, 4) is 5.75 Å². The van der Waals surface area contributed by atoms with Crippen molar-refractivity contribution in [1.82, 2.24) is 0 Å². The lowest BCUT2D eigenvalue weighted by molar-refractivity contribution is -0.118. The number of halogens is 1. The molecule has 0 aliphatic rings. The van der Waals surface area contributed by atoms with Crippen molar-refractivity contribution in [3.63, 3.8) is 0 Å². The molecule has 4 nitrogen and oxygen atoms in total. The molecule has 3 N–H and O–H groups in total. The monoisotopic (exact) mass is 304 g/mol. The highest BCUT2D eigenvalue weighted by atomic mass is 35.5. The number of benzene rings is 2. The second kappa shape index (κ2) is 6.50. The third kappa shape index (κ3) is 3.89. The summed E-state index contributed by atoms with van der Waals surface area (Å²) >= 11 is 5.98. The highest BCUT2D eigenvalue weighted by molar-refractivity contribution is 6.33. The van der Waals surface area contributed by atoms with Crippen LogP contribution in [0.3, 0.4) is 0 Å². The number of hydrogen-bond acceptors (Lipinski definition) is 3. The van der Waals surface area contributed by atoms with Crippen LogP contribution < -0.4 is 15.8 Å². The molecule has 1 amide bonds. The van der Waals surface area contributed by atoms with Gasteiger partial charge >= 0.3 is 0 Å². The zero-order valence-electron chi connectivity index (χ0n) is 11.9. The van der Waals surface area contributed by atoms with Crippen LogP contribution in [0.2, 0.25) is 5.02 Å². The van der Waals surface area contributed by atoms with Gasteiger partial charge in [0.15, 0.2) is 6.61 Å². The van der Waals surface area contributed by atoms with Crippen molar-refractivity contribution in [2.75, 3.05) is 17.7 Å². The Labute approximate surface area is 128 Å². The van der Waals surface area contributed by atoms with E-state index in [2.05, 4.69) is 5.32 Å². The summed E-state index contributed by atoms with van der Waals surface area (Å²) in [6.45, 7) is 3.72. The van der Waals surface area contributed by atoms with Gasteiger partial charge in [0.05, 0.1) is 16.4 Å². The Morgan fingerprint density at radius 3 is 2.67 bits per heavy atom. The van der Waals surface area contributed by atoms with Gasteiger partial charge in [0, 0.05) is 0 Å². The molecule has 110 valence electrons. The number of nitrogen functional groups attached to an aromatic ring is 1. The van der Waals surface area contributed by atoms with E-state index in [1.165, 1.54) is 0 Å². The minimum absolute atomic E-state index is 0.126. The summed E-state index contributed by atoms with van der Waals surface area (Å²) in [4.78, 5) is 11.9. The first kappa shape index (κ1) is 15.2. The van der Waals surface area contributed by atoms with Crippen LogP contribution in [0.25, 0.3) is 0 Å². The number of nitrogens with one attached hydrogen (secondary N) is 1. The number of rotatable bonds is 4. The van der Waals surface area contributed by atoms with Crippen molar-refractivity contribution in [3.05, 3.63) is 52.5 Å². The maximum atomic E-state index is 11.9. The van der Waals surface area contributed by atoms with Gasteiger partial charge in [-0.15, -0.1) is 0 Å². The third-order valence-electron chi connectivity index (χ3n) is 2.94. The lowest BCUT2D eigenvalue weighted by atomic mass is 10.1. The minimum Gasteiger partial charge on any atom is -0.481 e. The Hall–Kier alpha value is -2.20. The summed E-state index contributed by atoms with van der Waals surface area (Å²) in [6, 6.07) is 10.8. The summed E-state index contributed by atoms with van der Waals surface area (Å²) in [5, 5.41) is 3.18. The molecule has 21 heavy (non-hydrogen) atoms. The molecular formula is C16H17ClN2O2. The molecule has 0 saturated carbocycles. The van der Waals surface area contributed by atoms with E-state index in [1.54, 1.807) is 24.3 Å². The number of carbonyl (C=O) groups excluding carboxylic acids is 1. The molecule has 0 saturated heterocycles. The fraction of sp³-hybridized carbons (Fsp3) is 0.188. The Bertz CT molecular complexity index is 648. The third-order valence-corrected chi connectivity index (χ3v) is 3.27. The maximum Gasteiger partial charge on any atom is 0.262 e. The standard InChI is InChI=1S/C16H17ClN2O2/c1-10-7-11(2)16(13(18)8-10)21-9-15(20)19-14-6-4-3-5-12(14)17/h3-8H,9,18H2,1-2H3,(H,19,20). The summed E-state index contributed by atoms with van der Waals surface area (Å²) in [7, 11) is 0. The Morgan fingerprint density at radius 1 is 1.29 bits per heavy atom. The Morgan fingerprint density at radius 2 is 2.00 bits per heavy atom. The number of nitrogens with two attached hydrogens (primary N) is 1. The first-order valence-corrected chi connectivity index (χ1v) is 6.89. The number of amides is 1. The van der Waals surface area contributed by atoms with Gasteiger partial charge in [-0.1, -0.05) is 29.8 Å². The zero-order chi connectivity index (χ0) is 15.4.